The van der Waals surface area contributed by atoms with Crippen molar-refractivity contribution in [3.8, 4) is 0 Å². The van der Waals surface area contributed by atoms with Gasteiger partial charge < -0.3 is 20.1 Å². The van der Waals surface area contributed by atoms with Crippen molar-refractivity contribution in [1.82, 2.24) is 10.2 Å². The van der Waals surface area contributed by atoms with Gasteiger partial charge in [0.2, 0.25) is 11.8 Å². The summed E-state index contributed by atoms with van der Waals surface area (Å²) in [4.78, 5) is 42.2. The molecule has 2 N–H and O–H groups in total. The molecule has 2 aromatic rings. The molecule has 0 spiro atoms. The summed E-state index contributed by atoms with van der Waals surface area (Å²) < 4.78 is 5.87. The number of hydrogen-bond acceptors (Lipinski definition) is 5. The van der Waals surface area contributed by atoms with Gasteiger partial charge in [0.05, 0.1) is 30.5 Å². The SMILES string of the molecule is C=CCCC[C@H](Cc1ccccc1)C(=O)OC[C@@H](NC(=O)[C@H](CC=C)CC(=O)N1Cc2ccccc2C[C@H]1CO)C(C)(C)C. The molecule has 3 rings (SSSR count). The van der Waals surface area contributed by atoms with Crippen LogP contribution in [0.4, 0.5) is 0 Å². The van der Waals surface area contributed by atoms with Gasteiger partial charge in [-0.15, -0.1) is 13.2 Å². The van der Waals surface area contributed by atoms with Gasteiger partial charge in [0.15, 0.2) is 0 Å². The molecule has 0 radical (unpaired) electrons. The summed E-state index contributed by atoms with van der Waals surface area (Å²) >= 11 is 0. The van der Waals surface area contributed by atoms with Crippen molar-refractivity contribution in [2.24, 2.45) is 17.3 Å². The number of nitrogens with one attached hydrogen (secondary N) is 1. The number of carbonyl (C=O) groups is 3. The number of hydrogen-bond donors (Lipinski definition) is 2. The van der Waals surface area contributed by atoms with Gasteiger partial charge in [0.1, 0.15) is 6.61 Å². The third-order valence-corrected chi connectivity index (χ3v) is 8.50. The smallest absolute Gasteiger partial charge is 0.309 e. The van der Waals surface area contributed by atoms with Crippen LogP contribution >= 0.6 is 0 Å². The van der Waals surface area contributed by atoms with Crippen LogP contribution in [0.3, 0.4) is 0 Å². The first-order valence-corrected chi connectivity index (χ1v) is 15.8. The van der Waals surface area contributed by atoms with E-state index >= 15 is 0 Å². The van der Waals surface area contributed by atoms with E-state index in [1.807, 2.05) is 81.4 Å². The minimum absolute atomic E-state index is 0.00434. The molecule has 0 unspecified atom stereocenters. The van der Waals surface area contributed by atoms with Crippen LogP contribution in [-0.4, -0.2) is 53.1 Å². The third-order valence-electron chi connectivity index (χ3n) is 8.50. The Morgan fingerprint density at radius 1 is 1.02 bits per heavy atom. The first kappa shape index (κ1) is 34.8. The molecule has 2 amide bonds. The Labute approximate surface area is 263 Å². The van der Waals surface area contributed by atoms with E-state index in [1.54, 1.807) is 11.0 Å². The van der Waals surface area contributed by atoms with Crippen molar-refractivity contribution in [1.29, 1.82) is 0 Å². The molecule has 7 heteroatoms. The summed E-state index contributed by atoms with van der Waals surface area (Å²) in [6.45, 7) is 13.9. The molecule has 1 heterocycles. The van der Waals surface area contributed by atoms with Crippen LogP contribution in [0, 0.1) is 17.3 Å². The summed E-state index contributed by atoms with van der Waals surface area (Å²) in [5.74, 6) is -1.67. The fourth-order valence-electron chi connectivity index (χ4n) is 5.65. The van der Waals surface area contributed by atoms with Crippen molar-refractivity contribution in [3.63, 3.8) is 0 Å². The zero-order chi connectivity index (χ0) is 32.1. The average Bonchev–Trinajstić information content (AvgIpc) is 3.01. The van der Waals surface area contributed by atoms with Gasteiger partial charge in [-0.25, -0.2) is 0 Å². The number of fused-ring (bicyclic) bond motifs is 1. The number of allylic oxidation sites excluding steroid dienone is 2. The average molecular weight is 603 g/mol. The number of ether oxygens (including phenoxy) is 1. The van der Waals surface area contributed by atoms with E-state index in [9.17, 15) is 19.5 Å². The van der Waals surface area contributed by atoms with Crippen molar-refractivity contribution in [3.05, 3.63) is 96.6 Å². The number of benzene rings is 2. The van der Waals surface area contributed by atoms with Gasteiger partial charge in [0, 0.05) is 13.0 Å². The molecule has 0 fully saturated rings. The number of esters is 1. The second kappa shape index (κ2) is 17.0. The highest BCUT2D eigenvalue weighted by atomic mass is 16.5. The number of rotatable bonds is 16. The monoisotopic (exact) mass is 602 g/mol. The summed E-state index contributed by atoms with van der Waals surface area (Å²) in [5, 5.41) is 13.1. The molecule has 4 atom stereocenters. The lowest BCUT2D eigenvalue weighted by Crippen LogP contribution is -2.51. The topological polar surface area (TPSA) is 95.9 Å². The minimum atomic E-state index is -0.637. The predicted octanol–water partition coefficient (Wildman–Crippen LogP) is 5.80. The normalized spacial score (nSPS) is 16.6. The summed E-state index contributed by atoms with van der Waals surface area (Å²) in [5.41, 5.74) is 2.85. The van der Waals surface area contributed by atoms with E-state index in [2.05, 4.69) is 18.5 Å². The molecule has 1 aliphatic rings. The number of amides is 2. The highest BCUT2D eigenvalue weighted by Crippen LogP contribution is 2.27. The van der Waals surface area contributed by atoms with Crippen LogP contribution in [0.2, 0.25) is 0 Å². The number of aliphatic hydroxyl groups is 1. The Morgan fingerprint density at radius 2 is 1.70 bits per heavy atom. The van der Waals surface area contributed by atoms with Crippen LogP contribution in [0.25, 0.3) is 0 Å². The first-order chi connectivity index (χ1) is 21.1. The van der Waals surface area contributed by atoms with E-state index in [-0.39, 0.29) is 49.4 Å². The van der Waals surface area contributed by atoms with Crippen molar-refractivity contribution in [2.45, 2.75) is 84.3 Å². The Hall–Kier alpha value is -3.71. The fourth-order valence-corrected chi connectivity index (χ4v) is 5.65. The van der Waals surface area contributed by atoms with Gasteiger partial charge in [0.25, 0.3) is 0 Å². The molecule has 44 heavy (non-hydrogen) atoms. The minimum Gasteiger partial charge on any atom is -0.463 e. The largest absolute Gasteiger partial charge is 0.463 e. The van der Waals surface area contributed by atoms with Crippen molar-refractivity contribution >= 4 is 17.8 Å². The van der Waals surface area contributed by atoms with Gasteiger partial charge >= 0.3 is 5.97 Å². The fraction of sp³-hybridized carbons (Fsp3) is 0.486. The van der Waals surface area contributed by atoms with Crippen LogP contribution in [-0.2, 0) is 38.5 Å². The number of unbranched alkanes of at least 4 members (excludes halogenated alkanes) is 1. The van der Waals surface area contributed by atoms with E-state index in [4.69, 9.17) is 4.74 Å². The zero-order valence-electron chi connectivity index (χ0n) is 26.7. The molecule has 238 valence electrons. The number of carbonyl (C=O) groups excluding carboxylic acids is 3. The lowest BCUT2D eigenvalue weighted by molar-refractivity contribution is -0.151. The van der Waals surface area contributed by atoms with E-state index in [0.29, 0.717) is 32.2 Å². The molecule has 1 aliphatic heterocycles. The van der Waals surface area contributed by atoms with Gasteiger partial charge in [-0.3, -0.25) is 14.4 Å². The van der Waals surface area contributed by atoms with E-state index < -0.39 is 17.4 Å². The molecule has 0 saturated heterocycles. The second-order valence-electron chi connectivity index (χ2n) is 12.9. The van der Waals surface area contributed by atoms with Crippen LogP contribution in [0.5, 0.6) is 0 Å². The van der Waals surface area contributed by atoms with Gasteiger partial charge in [-0.05, 0) is 60.6 Å². The highest BCUT2D eigenvalue weighted by molar-refractivity contribution is 5.86. The first-order valence-electron chi connectivity index (χ1n) is 15.8. The molecule has 0 aromatic heterocycles. The molecule has 2 aromatic carbocycles. The molecule has 0 aliphatic carbocycles. The standard InChI is InChI=1S/C37H50N2O5/c1-6-8-10-19-30(21-27-16-11-9-12-17-27)36(43)44-26-33(37(3,4)5)38-35(42)29(15-7-2)23-34(41)39-24-31-20-14-13-18-28(31)22-32(39)25-40/h6-7,9,11-14,16-18,20,29-30,32-33,40H,1-2,8,10,15,19,21-26H2,3-5H3,(H,38,42)/t29-,30-,32+,33-/m1/s1. The van der Waals surface area contributed by atoms with Crippen molar-refractivity contribution < 1.29 is 24.2 Å². The maximum Gasteiger partial charge on any atom is 0.309 e. The summed E-state index contributed by atoms with van der Waals surface area (Å²) in [6, 6.07) is 17.0. The molecular formula is C37H50N2O5. The van der Waals surface area contributed by atoms with Crippen molar-refractivity contribution in [2.75, 3.05) is 13.2 Å². The lowest BCUT2D eigenvalue weighted by Gasteiger charge is -2.37. The van der Waals surface area contributed by atoms with Gasteiger partial charge in [-0.2, -0.15) is 0 Å². The van der Waals surface area contributed by atoms with Crippen LogP contribution in [0.1, 0.15) is 69.6 Å². The Balaban J connectivity index is 1.67. The highest BCUT2D eigenvalue weighted by Gasteiger charge is 2.34. The molecule has 0 bridgehead atoms. The third kappa shape index (κ3) is 10.2. The Morgan fingerprint density at radius 3 is 2.34 bits per heavy atom. The molecular weight excluding hydrogens is 552 g/mol. The maximum atomic E-state index is 13.6. The predicted molar refractivity (Wildman–Crippen MR) is 175 cm³/mol. The van der Waals surface area contributed by atoms with Gasteiger partial charge in [-0.1, -0.05) is 87.5 Å². The molecule has 7 nitrogen and oxygen atoms in total. The van der Waals surface area contributed by atoms with Crippen LogP contribution in [0.15, 0.2) is 79.9 Å². The summed E-state index contributed by atoms with van der Waals surface area (Å²) in [7, 11) is 0. The summed E-state index contributed by atoms with van der Waals surface area (Å²) in [6.07, 6.45) is 7.34. The Kier molecular flexibility index (Phi) is 13.4. The van der Waals surface area contributed by atoms with E-state index in [1.165, 1.54) is 0 Å². The number of aliphatic hydroxyl groups excluding tert-OH is 1. The zero-order valence-corrected chi connectivity index (χ0v) is 26.7. The number of nitrogens with zero attached hydrogens (tertiary/aromatic N) is 1. The Bertz CT molecular complexity index is 1250. The second-order valence-corrected chi connectivity index (χ2v) is 12.9. The maximum absolute atomic E-state index is 13.6. The van der Waals surface area contributed by atoms with Crippen LogP contribution < -0.4 is 5.32 Å². The molecule has 0 saturated carbocycles. The quantitative estimate of drug-likeness (QED) is 0.144. The lowest BCUT2D eigenvalue weighted by atomic mass is 9.86. The van der Waals surface area contributed by atoms with E-state index in [0.717, 1.165) is 29.5 Å².